The van der Waals surface area contributed by atoms with Gasteiger partial charge in [-0.25, -0.2) is 0 Å². The molecule has 3 N–H and O–H groups in total. The molecule has 0 fully saturated rings. The Kier molecular flexibility index (Phi) is 9.79. The first-order valence-electron chi connectivity index (χ1n) is 13.0. The quantitative estimate of drug-likeness (QED) is 0.183. The molecule has 0 aliphatic carbocycles. The Labute approximate surface area is 243 Å². The Morgan fingerprint density at radius 2 is 1.98 bits per heavy atom. The molecular weight excluding hydrogens is 544 g/mol. The van der Waals surface area contributed by atoms with Crippen LogP contribution in [0.4, 0.5) is 17.1 Å². The summed E-state index contributed by atoms with van der Waals surface area (Å²) in [4.78, 5) is 22.2. The lowest BCUT2D eigenvalue weighted by Gasteiger charge is -2.24. The summed E-state index contributed by atoms with van der Waals surface area (Å²) in [6, 6.07) is 16.3. The number of aromatic nitrogens is 2. The summed E-state index contributed by atoms with van der Waals surface area (Å²) >= 11 is 6.53. The van der Waals surface area contributed by atoms with E-state index in [4.69, 9.17) is 21.1 Å². The number of carbonyl (C=O) groups is 1. The van der Waals surface area contributed by atoms with Gasteiger partial charge in [-0.3, -0.25) is 14.8 Å². The van der Waals surface area contributed by atoms with E-state index < -0.39 is 5.97 Å². The van der Waals surface area contributed by atoms with Crippen molar-refractivity contribution in [2.75, 3.05) is 37.9 Å². The first-order chi connectivity index (χ1) is 19.8. The minimum absolute atomic E-state index is 0.0867. The smallest absolute Gasteiger partial charge is 0.305 e. The summed E-state index contributed by atoms with van der Waals surface area (Å²) in [7, 11) is 3.76. The first kappa shape index (κ1) is 29.4. The minimum atomic E-state index is -0.914. The Morgan fingerprint density at radius 1 is 1.15 bits per heavy atom. The molecule has 4 aromatic rings. The highest BCUT2D eigenvalue weighted by molar-refractivity contribution is 6.32. The lowest BCUT2D eigenvalue weighted by molar-refractivity contribution is -0.137. The van der Waals surface area contributed by atoms with Crippen molar-refractivity contribution in [3.05, 3.63) is 77.2 Å². The van der Waals surface area contributed by atoms with Crippen LogP contribution in [-0.2, 0) is 11.4 Å². The van der Waals surface area contributed by atoms with Gasteiger partial charge in [-0.15, -0.1) is 0 Å². The third kappa shape index (κ3) is 7.75. The predicted molar refractivity (Wildman–Crippen MR) is 159 cm³/mol. The SMILES string of the molecule is CCOc1cc2ncc(C#N)c(Nc3ccc(OCc4ccccn4)c(Cl)c3)c2cc1NC(CC(=O)O)CN(C)C. The largest absolute Gasteiger partial charge is 0.492 e. The van der Waals surface area contributed by atoms with Crippen LogP contribution < -0.4 is 20.1 Å². The van der Waals surface area contributed by atoms with Gasteiger partial charge in [0, 0.05) is 42.1 Å². The molecule has 41 heavy (non-hydrogen) atoms. The molecule has 2 aromatic heterocycles. The minimum Gasteiger partial charge on any atom is -0.492 e. The number of nitriles is 1. The summed E-state index contributed by atoms with van der Waals surface area (Å²) in [6.45, 7) is 3.04. The Bertz CT molecular complexity index is 1560. The molecule has 11 heteroatoms. The average Bonchev–Trinajstić information content (AvgIpc) is 2.93. The number of carboxylic acid groups (broad SMARTS) is 1. The average molecular weight is 575 g/mol. The van der Waals surface area contributed by atoms with E-state index in [1.807, 2.05) is 50.2 Å². The van der Waals surface area contributed by atoms with Gasteiger partial charge in [-0.05, 0) is 57.4 Å². The molecule has 0 aliphatic heterocycles. The summed E-state index contributed by atoms with van der Waals surface area (Å²) in [6.07, 6.45) is 3.11. The van der Waals surface area contributed by atoms with Crippen molar-refractivity contribution < 1.29 is 19.4 Å². The van der Waals surface area contributed by atoms with Crippen LogP contribution in [-0.4, -0.2) is 59.2 Å². The molecule has 4 rings (SSSR count). The maximum atomic E-state index is 11.5. The number of benzene rings is 2. The summed E-state index contributed by atoms with van der Waals surface area (Å²) in [5.41, 5.74) is 3.48. The van der Waals surface area contributed by atoms with Crippen molar-refractivity contribution in [3.63, 3.8) is 0 Å². The number of nitrogens with one attached hydrogen (secondary N) is 2. The van der Waals surface area contributed by atoms with Gasteiger partial charge >= 0.3 is 5.97 Å². The third-order valence-corrected chi connectivity index (χ3v) is 6.35. The fourth-order valence-electron chi connectivity index (χ4n) is 4.33. The second kappa shape index (κ2) is 13.7. The fraction of sp³-hybridized carbons (Fsp3) is 0.267. The highest BCUT2D eigenvalue weighted by Crippen LogP contribution is 2.37. The summed E-state index contributed by atoms with van der Waals surface area (Å²) in [5, 5.41) is 27.0. The lowest BCUT2D eigenvalue weighted by Crippen LogP contribution is -2.34. The van der Waals surface area contributed by atoms with Gasteiger partial charge in [0.25, 0.3) is 0 Å². The lowest BCUT2D eigenvalue weighted by atomic mass is 10.1. The van der Waals surface area contributed by atoms with E-state index in [9.17, 15) is 15.2 Å². The van der Waals surface area contributed by atoms with Gasteiger partial charge in [0.1, 0.15) is 24.2 Å². The zero-order valence-electron chi connectivity index (χ0n) is 23.0. The van der Waals surface area contributed by atoms with E-state index in [1.54, 1.807) is 30.5 Å². The number of hydrogen-bond donors (Lipinski definition) is 3. The molecule has 2 aromatic carbocycles. The standard InChI is InChI=1S/C30H31ClN6O4/c1-4-40-28-14-25-23(13-26(28)35-22(12-29(38)39)17-37(2)3)30(19(15-32)16-34-25)36-20-8-9-27(24(31)11-20)41-18-21-7-5-6-10-33-21/h5-11,13-14,16,22,35H,4,12,17-18H2,1-3H3,(H,34,36)(H,38,39). The third-order valence-electron chi connectivity index (χ3n) is 6.06. The number of anilines is 3. The van der Waals surface area contributed by atoms with Gasteiger partial charge < -0.3 is 30.1 Å². The van der Waals surface area contributed by atoms with Crippen molar-refractivity contribution in [2.24, 2.45) is 0 Å². The van der Waals surface area contributed by atoms with Gasteiger partial charge in [0.2, 0.25) is 0 Å². The van der Waals surface area contributed by atoms with E-state index in [1.165, 1.54) is 6.20 Å². The van der Waals surface area contributed by atoms with Crippen LogP contribution in [0.25, 0.3) is 10.9 Å². The van der Waals surface area contributed by atoms with Gasteiger partial charge in [0.05, 0.1) is 46.2 Å². The molecule has 10 nitrogen and oxygen atoms in total. The summed E-state index contributed by atoms with van der Waals surface area (Å²) in [5.74, 6) is 0.124. The van der Waals surface area contributed by atoms with Crippen LogP contribution in [0, 0.1) is 11.3 Å². The number of aliphatic carboxylic acids is 1. The maximum Gasteiger partial charge on any atom is 0.305 e. The zero-order valence-corrected chi connectivity index (χ0v) is 23.8. The zero-order chi connectivity index (χ0) is 29.4. The molecule has 2 heterocycles. The Hall–Kier alpha value is -4.59. The number of pyridine rings is 2. The maximum absolute atomic E-state index is 11.5. The molecular formula is C30H31ClN6O4. The van der Waals surface area contributed by atoms with Crippen molar-refractivity contribution in [2.45, 2.75) is 26.0 Å². The predicted octanol–water partition coefficient (Wildman–Crippen LogP) is 5.69. The number of ether oxygens (including phenoxy) is 2. The van der Waals surface area contributed by atoms with E-state index in [0.717, 1.165) is 5.69 Å². The van der Waals surface area contributed by atoms with Crippen molar-refractivity contribution in [3.8, 4) is 17.6 Å². The van der Waals surface area contributed by atoms with E-state index in [0.29, 0.717) is 63.2 Å². The highest BCUT2D eigenvalue weighted by atomic mass is 35.5. The van der Waals surface area contributed by atoms with Crippen LogP contribution in [0.3, 0.4) is 0 Å². The van der Waals surface area contributed by atoms with Crippen LogP contribution in [0.1, 0.15) is 24.6 Å². The number of likely N-dealkylation sites (N-methyl/N-ethyl adjacent to an activating group) is 1. The van der Waals surface area contributed by atoms with Crippen molar-refractivity contribution in [1.29, 1.82) is 5.26 Å². The Balaban J connectivity index is 1.68. The highest BCUT2D eigenvalue weighted by Gasteiger charge is 2.19. The topological polar surface area (TPSA) is 133 Å². The molecule has 0 aliphatic rings. The number of fused-ring (bicyclic) bond motifs is 1. The second-order valence-corrected chi connectivity index (χ2v) is 9.95. The van der Waals surface area contributed by atoms with E-state index in [2.05, 4.69) is 26.7 Å². The molecule has 1 atom stereocenters. The molecule has 0 amide bonds. The van der Waals surface area contributed by atoms with E-state index >= 15 is 0 Å². The fourth-order valence-corrected chi connectivity index (χ4v) is 4.57. The molecule has 0 saturated heterocycles. The number of carboxylic acids is 1. The van der Waals surface area contributed by atoms with Crippen LogP contribution in [0.5, 0.6) is 11.5 Å². The first-order valence-corrected chi connectivity index (χ1v) is 13.4. The number of halogens is 1. The van der Waals surface area contributed by atoms with Crippen LogP contribution >= 0.6 is 11.6 Å². The number of hydrogen-bond acceptors (Lipinski definition) is 9. The molecule has 1 unspecified atom stereocenters. The van der Waals surface area contributed by atoms with E-state index in [-0.39, 0.29) is 19.1 Å². The second-order valence-electron chi connectivity index (χ2n) is 9.54. The van der Waals surface area contributed by atoms with Crippen molar-refractivity contribution in [1.82, 2.24) is 14.9 Å². The molecule has 212 valence electrons. The van der Waals surface area contributed by atoms with Gasteiger partial charge in [0.15, 0.2) is 0 Å². The molecule has 0 spiro atoms. The monoisotopic (exact) mass is 574 g/mol. The van der Waals surface area contributed by atoms with Gasteiger partial charge in [-0.2, -0.15) is 5.26 Å². The van der Waals surface area contributed by atoms with Crippen LogP contribution in [0.15, 0.2) is 60.9 Å². The number of nitrogens with zero attached hydrogens (tertiary/aromatic N) is 4. The van der Waals surface area contributed by atoms with Crippen molar-refractivity contribution >= 4 is 45.5 Å². The molecule has 0 bridgehead atoms. The van der Waals surface area contributed by atoms with Crippen LogP contribution in [0.2, 0.25) is 5.02 Å². The summed E-state index contributed by atoms with van der Waals surface area (Å²) < 4.78 is 11.7. The Morgan fingerprint density at radius 3 is 2.63 bits per heavy atom. The number of rotatable bonds is 13. The normalized spacial score (nSPS) is 11.6. The van der Waals surface area contributed by atoms with Gasteiger partial charge in [-0.1, -0.05) is 17.7 Å². The molecule has 0 radical (unpaired) electrons. The molecule has 0 saturated carbocycles.